The number of carbonyl (C=O) groups excluding carboxylic acids is 3. The molecule has 5 saturated carbocycles. The molecule has 5 N–H and O–H groups in total. The molecule has 1 aromatic carbocycles. The monoisotopic (exact) mass is 659 g/mol. The van der Waals surface area contributed by atoms with Crippen molar-refractivity contribution in [3.63, 3.8) is 0 Å². The molecular formula is C41H61N3O4. The quantitative estimate of drug-likeness (QED) is 0.236. The number of rotatable bonds is 8. The predicted octanol–water partition coefficient (Wildman–Crippen LogP) is 6.58. The van der Waals surface area contributed by atoms with Crippen LogP contribution in [0.3, 0.4) is 0 Å². The fourth-order valence-corrected chi connectivity index (χ4v) is 13.2. The van der Waals surface area contributed by atoms with E-state index >= 15 is 0 Å². The Morgan fingerprint density at radius 1 is 0.896 bits per heavy atom. The van der Waals surface area contributed by atoms with Gasteiger partial charge in [-0.05, 0) is 146 Å². The highest BCUT2D eigenvalue weighted by molar-refractivity contribution is 5.96. The molecule has 10 atom stereocenters. The molecule has 48 heavy (non-hydrogen) atoms. The molecule has 0 bridgehead atoms. The van der Waals surface area contributed by atoms with Gasteiger partial charge in [0.15, 0.2) is 0 Å². The average molecular weight is 660 g/mol. The van der Waals surface area contributed by atoms with Crippen LogP contribution in [0.4, 0.5) is 0 Å². The van der Waals surface area contributed by atoms with Gasteiger partial charge in [-0.15, -0.1) is 0 Å². The van der Waals surface area contributed by atoms with Crippen molar-refractivity contribution in [3.8, 4) is 0 Å². The minimum Gasteiger partial charge on any atom is -0.393 e. The van der Waals surface area contributed by atoms with E-state index in [2.05, 4.69) is 58.8 Å². The highest BCUT2D eigenvalue weighted by Crippen LogP contribution is 2.77. The van der Waals surface area contributed by atoms with Crippen LogP contribution in [0, 0.1) is 56.7 Å². The number of primary amides is 1. The first kappa shape index (κ1) is 35.2. The van der Waals surface area contributed by atoms with Crippen LogP contribution in [0.1, 0.15) is 122 Å². The summed E-state index contributed by atoms with van der Waals surface area (Å²) < 4.78 is 0. The Morgan fingerprint density at radius 2 is 1.65 bits per heavy atom. The number of aliphatic hydroxyl groups excluding tert-OH is 1. The number of hydrogen-bond donors (Lipinski definition) is 4. The van der Waals surface area contributed by atoms with Gasteiger partial charge in [0.25, 0.3) is 5.91 Å². The summed E-state index contributed by atoms with van der Waals surface area (Å²) in [4.78, 5) is 38.1. The first-order valence-electron chi connectivity index (χ1n) is 18.8. The highest BCUT2D eigenvalue weighted by Gasteiger charge is 2.71. The second-order valence-electron chi connectivity index (χ2n) is 18.1. The van der Waals surface area contributed by atoms with E-state index < -0.39 is 5.91 Å². The van der Waals surface area contributed by atoms with Gasteiger partial charge >= 0.3 is 0 Å². The molecule has 0 radical (unpaired) electrons. The van der Waals surface area contributed by atoms with Gasteiger partial charge in [-0.1, -0.05) is 58.9 Å². The number of hydrogen-bond acceptors (Lipinski definition) is 4. The molecule has 5 aliphatic rings. The summed E-state index contributed by atoms with van der Waals surface area (Å²) in [5, 5.41) is 17.0. The molecule has 0 aliphatic heterocycles. The van der Waals surface area contributed by atoms with Crippen LogP contribution < -0.4 is 16.4 Å². The van der Waals surface area contributed by atoms with Crippen LogP contribution in [0.5, 0.6) is 0 Å². The number of carbonyl (C=O) groups is 3. The molecule has 0 heterocycles. The van der Waals surface area contributed by atoms with Crippen LogP contribution in [-0.4, -0.2) is 42.0 Å². The van der Waals surface area contributed by atoms with Gasteiger partial charge < -0.3 is 21.5 Å². The van der Waals surface area contributed by atoms with Crippen LogP contribution in [-0.2, 0) is 16.0 Å². The van der Waals surface area contributed by atoms with Crippen molar-refractivity contribution in [1.29, 1.82) is 0 Å². The molecule has 264 valence electrons. The van der Waals surface area contributed by atoms with Crippen LogP contribution in [0.2, 0.25) is 0 Å². The zero-order chi connectivity index (χ0) is 34.9. The lowest BCUT2D eigenvalue weighted by atomic mass is 9.32. The molecule has 5 aliphatic carbocycles. The highest BCUT2D eigenvalue weighted by atomic mass is 16.3. The van der Waals surface area contributed by atoms with E-state index in [1.54, 1.807) is 6.07 Å². The van der Waals surface area contributed by atoms with Gasteiger partial charge in [0, 0.05) is 12.1 Å². The average Bonchev–Trinajstić information content (AvgIpc) is 3.44. The molecule has 6 rings (SSSR count). The van der Waals surface area contributed by atoms with Crippen molar-refractivity contribution in [2.24, 2.45) is 62.4 Å². The van der Waals surface area contributed by atoms with Crippen molar-refractivity contribution in [2.75, 3.05) is 13.1 Å². The lowest BCUT2D eigenvalue weighted by molar-refractivity contribution is -0.246. The van der Waals surface area contributed by atoms with Crippen molar-refractivity contribution >= 4 is 17.7 Å². The molecule has 0 saturated heterocycles. The Balaban J connectivity index is 1.21. The van der Waals surface area contributed by atoms with Gasteiger partial charge in [-0.3, -0.25) is 14.4 Å². The van der Waals surface area contributed by atoms with Gasteiger partial charge in [0.05, 0.1) is 18.1 Å². The number of benzene rings is 1. The second kappa shape index (κ2) is 12.3. The minimum absolute atomic E-state index is 0.0545. The fourth-order valence-electron chi connectivity index (χ4n) is 13.2. The number of fused-ring (bicyclic) bond motifs is 7. The maximum absolute atomic E-state index is 14.5. The third-order valence-corrected chi connectivity index (χ3v) is 15.8. The van der Waals surface area contributed by atoms with E-state index in [4.69, 9.17) is 5.73 Å². The number of nitrogens with one attached hydrogen (secondary N) is 2. The fraction of sp³-hybridized carbons (Fsp3) is 0.732. The smallest absolute Gasteiger partial charge is 0.251 e. The van der Waals surface area contributed by atoms with E-state index in [0.29, 0.717) is 48.1 Å². The van der Waals surface area contributed by atoms with Crippen LogP contribution in [0.25, 0.3) is 0 Å². The summed E-state index contributed by atoms with van der Waals surface area (Å²) in [5.74, 6) is 1.63. The van der Waals surface area contributed by atoms with E-state index in [1.165, 1.54) is 31.3 Å². The molecule has 3 amide bonds. The third kappa shape index (κ3) is 5.27. The Morgan fingerprint density at radius 3 is 2.35 bits per heavy atom. The maximum Gasteiger partial charge on any atom is 0.251 e. The van der Waals surface area contributed by atoms with E-state index in [-0.39, 0.29) is 51.5 Å². The summed E-state index contributed by atoms with van der Waals surface area (Å²) in [6, 6.07) is 7.35. The number of aliphatic hydroxyl groups is 1. The summed E-state index contributed by atoms with van der Waals surface area (Å²) in [6.07, 6.45) is 11.2. The largest absolute Gasteiger partial charge is 0.393 e. The van der Waals surface area contributed by atoms with Crippen LogP contribution >= 0.6 is 0 Å². The van der Waals surface area contributed by atoms with Crippen molar-refractivity contribution in [2.45, 2.75) is 118 Å². The maximum atomic E-state index is 14.5. The van der Waals surface area contributed by atoms with E-state index in [1.807, 2.05) is 18.2 Å². The SMILES string of the molecule is C=C(C)C1CCC2(C(=O)NCCc3cccc(C(=O)NCC(N)=O)c3)CC[C@]3(C)C(CCC4C5(C)CCC(O)C(C)(C)C5CCC43C)C12. The summed E-state index contributed by atoms with van der Waals surface area (Å²) >= 11 is 0. The van der Waals surface area contributed by atoms with E-state index in [0.717, 1.165) is 44.1 Å². The first-order valence-corrected chi connectivity index (χ1v) is 18.8. The van der Waals surface area contributed by atoms with Crippen molar-refractivity contribution in [1.82, 2.24) is 10.6 Å². The molecule has 7 nitrogen and oxygen atoms in total. The minimum atomic E-state index is -0.582. The molecule has 1 aromatic rings. The number of amides is 3. The zero-order valence-corrected chi connectivity index (χ0v) is 30.4. The predicted molar refractivity (Wildman–Crippen MR) is 190 cm³/mol. The molecule has 9 unspecified atom stereocenters. The zero-order valence-electron chi connectivity index (χ0n) is 30.4. The first-order chi connectivity index (χ1) is 22.5. The van der Waals surface area contributed by atoms with Gasteiger partial charge in [0.1, 0.15) is 0 Å². The lowest BCUT2D eigenvalue weighted by Gasteiger charge is -2.72. The summed E-state index contributed by atoms with van der Waals surface area (Å²) in [7, 11) is 0. The molecule has 0 aromatic heterocycles. The summed E-state index contributed by atoms with van der Waals surface area (Å²) in [5.41, 5.74) is 8.03. The molecule has 0 spiro atoms. The molecule has 5 fully saturated rings. The Labute approximate surface area is 288 Å². The normalized spacial score (nSPS) is 41.1. The second-order valence-corrected chi connectivity index (χ2v) is 18.1. The Hall–Kier alpha value is -2.67. The van der Waals surface area contributed by atoms with Gasteiger partial charge in [-0.2, -0.15) is 0 Å². The van der Waals surface area contributed by atoms with E-state index in [9.17, 15) is 19.5 Å². The Kier molecular flexibility index (Phi) is 9.00. The van der Waals surface area contributed by atoms with Crippen molar-refractivity contribution < 1.29 is 19.5 Å². The third-order valence-electron chi connectivity index (χ3n) is 15.8. The van der Waals surface area contributed by atoms with Crippen LogP contribution in [0.15, 0.2) is 36.4 Å². The molecule has 7 heteroatoms. The number of nitrogens with two attached hydrogens (primary N) is 1. The summed E-state index contributed by atoms with van der Waals surface area (Å²) in [6.45, 7) is 19.5. The van der Waals surface area contributed by atoms with Crippen molar-refractivity contribution in [3.05, 3.63) is 47.5 Å². The molecular weight excluding hydrogens is 598 g/mol. The topological polar surface area (TPSA) is 122 Å². The lowest BCUT2D eigenvalue weighted by Crippen LogP contribution is -2.67. The van der Waals surface area contributed by atoms with Gasteiger partial charge in [0.2, 0.25) is 11.8 Å². The van der Waals surface area contributed by atoms with Gasteiger partial charge in [-0.25, -0.2) is 0 Å². The number of allylic oxidation sites excluding steroid dienone is 1. The standard InChI is InChI=1S/C41H61N3O4/c1-25(2)28-13-19-41(36(48)43-22-16-26-9-8-10-27(23-26)35(47)44-24-33(42)46)21-20-39(6)29(34(28)41)11-12-31-38(5)17-15-32(45)37(3,4)30(38)14-18-40(31,39)7/h8-10,23,28-32,34,45H,1,11-22,24H2,2-7H3,(H2,42,46)(H,43,48)(H,44,47)/t28?,29?,30?,31?,32?,34?,38?,39-,40?,41?/m1/s1. The Bertz CT molecular complexity index is 1470.